The van der Waals surface area contributed by atoms with Crippen LogP contribution in [0.4, 0.5) is 18.9 Å². The molecular formula is C9H11F3N2O2. The minimum absolute atomic E-state index is 0.329. The summed E-state index contributed by atoms with van der Waals surface area (Å²) in [6, 6.07) is 1.24. The van der Waals surface area contributed by atoms with E-state index in [-0.39, 0.29) is 0 Å². The number of nitrogens with two attached hydrogens (primary N) is 1. The van der Waals surface area contributed by atoms with Crippen molar-refractivity contribution in [3.05, 3.63) is 28.2 Å². The lowest BCUT2D eigenvalue weighted by Gasteiger charge is -2.10. The SMILES string of the molecule is Cc1cc(=O)n(COCC(F)(F)F)cc1N. The number of rotatable bonds is 3. The van der Waals surface area contributed by atoms with Crippen LogP contribution in [-0.2, 0) is 11.5 Å². The number of nitrogens with zero attached hydrogens (tertiary/aromatic N) is 1. The van der Waals surface area contributed by atoms with Crippen molar-refractivity contribution in [2.45, 2.75) is 19.8 Å². The predicted octanol–water partition coefficient (Wildman–Crippen LogP) is 1.28. The van der Waals surface area contributed by atoms with Gasteiger partial charge in [-0.25, -0.2) is 0 Å². The molecule has 0 atom stereocenters. The van der Waals surface area contributed by atoms with E-state index in [9.17, 15) is 18.0 Å². The molecule has 0 saturated heterocycles. The molecule has 0 aliphatic carbocycles. The summed E-state index contributed by atoms with van der Waals surface area (Å²) in [6.07, 6.45) is -3.14. The molecule has 0 bridgehead atoms. The summed E-state index contributed by atoms with van der Waals surface area (Å²) in [6.45, 7) is -0.228. The molecule has 0 unspecified atom stereocenters. The first-order chi connectivity index (χ1) is 7.29. The number of anilines is 1. The largest absolute Gasteiger partial charge is 0.411 e. The van der Waals surface area contributed by atoms with Crippen LogP contribution in [0.5, 0.6) is 0 Å². The fourth-order valence-corrected chi connectivity index (χ4v) is 1.05. The molecule has 0 amide bonds. The van der Waals surface area contributed by atoms with Crippen LogP contribution in [0.3, 0.4) is 0 Å². The van der Waals surface area contributed by atoms with Crippen LogP contribution in [0.1, 0.15) is 5.56 Å². The van der Waals surface area contributed by atoms with Crippen molar-refractivity contribution in [2.24, 2.45) is 0 Å². The van der Waals surface area contributed by atoms with Crippen LogP contribution in [0, 0.1) is 6.92 Å². The van der Waals surface area contributed by atoms with Crippen LogP contribution in [-0.4, -0.2) is 17.4 Å². The molecule has 1 aromatic heterocycles. The lowest BCUT2D eigenvalue weighted by Crippen LogP contribution is -2.24. The Hall–Kier alpha value is -1.50. The van der Waals surface area contributed by atoms with Gasteiger partial charge in [-0.2, -0.15) is 13.2 Å². The second kappa shape index (κ2) is 4.56. The lowest BCUT2D eigenvalue weighted by molar-refractivity contribution is -0.182. The van der Waals surface area contributed by atoms with Gasteiger partial charge in [0.15, 0.2) is 0 Å². The smallest absolute Gasteiger partial charge is 0.397 e. The number of ether oxygens (including phenoxy) is 1. The molecule has 1 rings (SSSR count). The molecule has 0 aliphatic rings. The maximum absolute atomic E-state index is 11.8. The molecule has 0 saturated carbocycles. The highest BCUT2D eigenvalue weighted by atomic mass is 19.4. The van der Waals surface area contributed by atoms with Crippen molar-refractivity contribution in [3.8, 4) is 0 Å². The lowest BCUT2D eigenvalue weighted by atomic mass is 10.2. The second-order valence-corrected chi connectivity index (χ2v) is 3.31. The number of hydrogen-bond donors (Lipinski definition) is 1. The maximum Gasteiger partial charge on any atom is 0.411 e. The molecule has 4 nitrogen and oxygen atoms in total. The van der Waals surface area contributed by atoms with Crippen LogP contribution >= 0.6 is 0 Å². The number of pyridine rings is 1. The van der Waals surface area contributed by atoms with E-state index < -0.39 is 25.1 Å². The summed E-state index contributed by atoms with van der Waals surface area (Å²) in [4.78, 5) is 11.3. The van der Waals surface area contributed by atoms with E-state index in [1.54, 1.807) is 6.92 Å². The third-order valence-corrected chi connectivity index (χ3v) is 1.87. The van der Waals surface area contributed by atoms with E-state index >= 15 is 0 Å². The first-order valence-electron chi connectivity index (χ1n) is 4.40. The Kier molecular flexibility index (Phi) is 3.58. The zero-order valence-electron chi connectivity index (χ0n) is 8.54. The van der Waals surface area contributed by atoms with Gasteiger partial charge in [0.1, 0.15) is 13.3 Å². The first kappa shape index (κ1) is 12.6. The number of aromatic nitrogens is 1. The van der Waals surface area contributed by atoms with Gasteiger partial charge >= 0.3 is 6.18 Å². The molecule has 16 heavy (non-hydrogen) atoms. The average Bonchev–Trinajstić information content (AvgIpc) is 2.11. The Morgan fingerprint density at radius 2 is 2.12 bits per heavy atom. The Morgan fingerprint density at radius 3 is 2.69 bits per heavy atom. The summed E-state index contributed by atoms with van der Waals surface area (Å²) < 4.78 is 40.6. The fraction of sp³-hybridized carbons (Fsp3) is 0.444. The molecule has 7 heteroatoms. The zero-order valence-corrected chi connectivity index (χ0v) is 8.54. The number of aryl methyl sites for hydroxylation is 1. The minimum Gasteiger partial charge on any atom is -0.397 e. The third-order valence-electron chi connectivity index (χ3n) is 1.87. The third kappa shape index (κ3) is 3.58. The van der Waals surface area contributed by atoms with E-state index in [0.29, 0.717) is 11.3 Å². The predicted molar refractivity (Wildman–Crippen MR) is 51.9 cm³/mol. The monoisotopic (exact) mass is 236 g/mol. The Morgan fingerprint density at radius 1 is 1.50 bits per heavy atom. The van der Waals surface area contributed by atoms with Gasteiger partial charge in [0.2, 0.25) is 0 Å². The van der Waals surface area contributed by atoms with E-state index in [1.165, 1.54) is 12.3 Å². The Balaban J connectivity index is 2.68. The van der Waals surface area contributed by atoms with Crippen molar-refractivity contribution in [1.29, 1.82) is 0 Å². The molecule has 0 aliphatic heterocycles. The van der Waals surface area contributed by atoms with Gasteiger partial charge in [0.05, 0.1) is 5.69 Å². The van der Waals surface area contributed by atoms with Gasteiger partial charge < -0.3 is 10.5 Å². The fourth-order valence-electron chi connectivity index (χ4n) is 1.05. The normalized spacial score (nSPS) is 11.8. The second-order valence-electron chi connectivity index (χ2n) is 3.31. The number of hydrogen-bond acceptors (Lipinski definition) is 3. The molecule has 0 radical (unpaired) electrons. The van der Waals surface area contributed by atoms with Crippen molar-refractivity contribution in [3.63, 3.8) is 0 Å². The summed E-state index contributed by atoms with van der Waals surface area (Å²) in [5.41, 5.74) is 5.97. The molecule has 0 aromatic carbocycles. The topological polar surface area (TPSA) is 57.2 Å². The van der Waals surface area contributed by atoms with Crippen LogP contribution in [0.25, 0.3) is 0 Å². The van der Waals surface area contributed by atoms with E-state index in [1.807, 2.05) is 0 Å². The quantitative estimate of drug-likeness (QED) is 0.859. The van der Waals surface area contributed by atoms with Gasteiger partial charge in [0, 0.05) is 12.3 Å². The molecule has 0 fully saturated rings. The van der Waals surface area contributed by atoms with E-state index in [4.69, 9.17) is 5.73 Å². The van der Waals surface area contributed by atoms with Crippen molar-refractivity contribution in [1.82, 2.24) is 4.57 Å². The minimum atomic E-state index is -4.40. The summed E-state index contributed by atoms with van der Waals surface area (Å²) >= 11 is 0. The van der Waals surface area contributed by atoms with Crippen LogP contribution in [0.2, 0.25) is 0 Å². The van der Waals surface area contributed by atoms with Crippen LogP contribution in [0.15, 0.2) is 17.1 Å². The molecule has 1 heterocycles. The van der Waals surface area contributed by atoms with Gasteiger partial charge in [-0.05, 0) is 12.5 Å². The zero-order chi connectivity index (χ0) is 12.3. The van der Waals surface area contributed by atoms with E-state index in [0.717, 1.165) is 4.57 Å². The molecule has 1 aromatic rings. The highest BCUT2D eigenvalue weighted by Gasteiger charge is 2.27. The highest BCUT2D eigenvalue weighted by Crippen LogP contribution is 2.14. The highest BCUT2D eigenvalue weighted by molar-refractivity contribution is 5.42. The van der Waals surface area contributed by atoms with Gasteiger partial charge in [0.25, 0.3) is 5.56 Å². The number of nitrogen functional groups attached to an aromatic ring is 1. The van der Waals surface area contributed by atoms with Crippen molar-refractivity contribution >= 4 is 5.69 Å². The molecule has 2 N–H and O–H groups in total. The standard InChI is InChI=1S/C9H11F3N2O2/c1-6-2-8(15)14(3-7(6)13)5-16-4-9(10,11)12/h2-3H,4-5,13H2,1H3. The summed E-state index contributed by atoms with van der Waals surface area (Å²) in [7, 11) is 0. The maximum atomic E-state index is 11.8. The van der Waals surface area contributed by atoms with Gasteiger partial charge in [-0.15, -0.1) is 0 Å². The van der Waals surface area contributed by atoms with Crippen molar-refractivity contribution in [2.75, 3.05) is 12.3 Å². The molecule has 0 spiro atoms. The Labute approximate surface area is 89.4 Å². The molecular weight excluding hydrogens is 225 g/mol. The number of halogens is 3. The van der Waals surface area contributed by atoms with Gasteiger partial charge in [-0.3, -0.25) is 9.36 Å². The van der Waals surface area contributed by atoms with E-state index in [2.05, 4.69) is 4.74 Å². The molecule has 90 valence electrons. The first-order valence-corrected chi connectivity index (χ1v) is 4.40. The average molecular weight is 236 g/mol. The number of alkyl halides is 3. The Bertz CT molecular complexity index is 426. The van der Waals surface area contributed by atoms with Crippen molar-refractivity contribution < 1.29 is 17.9 Å². The summed E-state index contributed by atoms with van der Waals surface area (Å²) in [5.74, 6) is 0. The summed E-state index contributed by atoms with van der Waals surface area (Å²) in [5, 5.41) is 0. The van der Waals surface area contributed by atoms with Crippen LogP contribution < -0.4 is 11.3 Å². The van der Waals surface area contributed by atoms with Gasteiger partial charge in [-0.1, -0.05) is 0 Å².